The van der Waals surface area contributed by atoms with Gasteiger partial charge in [0.15, 0.2) is 0 Å². The van der Waals surface area contributed by atoms with Gasteiger partial charge in [-0.15, -0.1) is 0 Å². The Hall–Kier alpha value is -2.79. The van der Waals surface area contributed by atoms with Crippen molar-refractivity contribution in [3.8, 4) is 5.75 Å². The highest BCUT2D eigenvalue weighted by atomic mass is 16.5. The van der Waals surface area contributed by atoms with Crippen LogP contribution in [0, 0.1) is 0 Å². The number of carbonyl (C=O) groups excluding carboxylic acids is 1. The highest BCUT2D eigenvalue weighted by Gasteiger charge is 2.12. The maximum atomic E-state index is 11.7. The van der Waals surface area contributed by atoms with Gasteiger partial charge in [0, 0.05) is 23.3 Å². The lowest BCUT2D eigenvalue weighted by Gasteiger charge is -2.11. The van der Waals surface area contributed by atoms with E-state index in [1.54, 1.807) is 18.7 Å². The topological polar surface area (TPSA) is 63.5 Å². The van der Waals surface area contributed by atoms with E-state index in [4.69, 9.17) is 9.94 Å². The van der Waals surface area contributed by atoms with Gasteiger partial charge in [-0.25, -0.2) is 5.48 Å². The number of carbonyl (C=O) groups is 1. The van der Waals surface area contributed by atoms with Crippen LogP contribution in [0.15, 0.2) is 48.5 Å². The first-order chi connectivity index (χ1) is 11.7. The van der Waals surface area contributed by atoms with Crippen molar-refractivity contribution in [2.45, 2.75) is 19.9 Å². The largest absolute Gasteiger partial charge is 0.497 e. The van der Waals surface area contributed by atoms with Gasteiger partial charge in [0.05, 0.1) is 7.11 Å². The predicted molar refractivity (Wildman–Crippen MR) is 92.7 cm³/mol. The summed E-state index contributed by atoms with van der Waals surface area (Å²) < 4.78 is 7.40. The molecule has 5 heteroatoms. The lowest BCUT2D eigenvalue weighted by molar-refractivity contribution is 0.0706. The van der Waals surface area contributed by atoms with Crippen molar-refractivity contribution in [3.05, 3.63) is 65.4 Å². The number of hydrogen-bond acceptors (Lipinski definition) is 3. The fourth-order valence-electron chi connectivity index (χ4n) is 2.91. The van der Waals surface area contributed by atoms with Gasteiger partial charge in [-0.05, 0) is 47.7 Å². The van der Waals surface area contributed by atoms with Crippen LogP contribution in [0.1, 0.15) is 28.5 Å². The molecule has 3 aromatic rings. The molecular formula is C19H20N2O3. The first-order valence-electron chi connectivity index (χ1n) is 7.85. The Labute approximate surface area is 140 Å². The van der Waals surface area contributed by atoms with Crippen LogP contribution in [-0.4, -0.2) is 22.8 Å². The van der Waals surface area contributed by atoms with E-state index in [2.05, 4.69) is 17.6 Å². The van der Waals surface area contributed by atoms with E-state index in [-0.39, 0.29) is 0 Å². The zero-order valence-corrected chi connectivity index (χ0v) is 13.7. The predicted octanol–water partition coefficient (Wildman–Crippen LogP) is 3.38. The number of hydrogen-bond donors (Lipinski definition) is 2. The molecule has 124 valence electrons. The molecule has 2 N–H and O–H groups in total. The van der Waals surface area contributed by atoms with Crippen LogP contribution >= 0.6 is 0 Å². The Bertz CT molecular complexity index is 866. The summed E-state index contributed by atoms with van der Waals surface area (Å²) in [6, 6.07) is 15.5. The highest BCUT2D eigenvalue weighted by molar-refractivity contribution is 5.97. The number of nitrogens with one attached hydrogen (secondary N) is 1. The average molecular weight is 324 g/mol. The smallest absolute Gasteiger partial charge is 0.274 e. The monoisotopic (exact) mass is 324 g/mol. The second kappa shape index (κ2) is 6.76. The van der Waals surface area contributed by atoms with Gasteiger partial charge in [-0.2, -0.15) is 0 Å². The maximum absolute atomic E-state index is 11.7. The van der Waals surface area contributed by atoms with E-state index >= 15 is 0 Å². The summed E-state index contributed by atoms with van der Waals surface area (Å²) in [5.74, 6) is 0.320. The molecule has 1 heterocycles. The van der Waals surface area contributed by atoms with Gasteiger partial charge in [-0.3, -0.25) is 10.0 Å². The number of amides is 1. The number of methoxy groups -OCH3 is 1. The average Bonchev–Trinajstić information content (AvgIpc) is 2.98. The molecule has 0 saturated heterocycles. The molecule has 1 amide bonds. The summed E-state index contributed by atoms with van der Waals surface area (Å²) in [7, 11) is 1.65. The van der Waals surface area contributed by atoms with E-state index in [9.17, 15) is 4.79 Å². The summed E-state index contributed by atoms with van der Waals surface area (Å²) in [5, 5.41) is 9.93. The molecule has 2 aromatic carbocycles. The Morgan fingerprint density at radius 1 is 1.17 bits per heavy atom. The van der Waals surface area contributed by atoms with Crippen molar-refractivity contribution >= 4 is 16.8 Å². The van der Waals surface area contributed by atoms with Crippen LogP contribution in [0.25, 0.3) is 10.9 Å². The van der Waals surface area contributed by atoms with E-state index < -0.39 is 5.91 Å². The highest BCUT2D eigenvalue weighted by Crippen LogP contribution is 2.24. The van der Waals surface area contributed by atoms with Gasteiger partial charge in [0.1, 0.15) is 5.75 Å². The van der Waals surface area contributed by atoms with Crippen molar-refractivity contribution in [1.29, 1.82) is 0 Å². The van der Waals surface area contributed by atoms with Gasteiger partial charge < -0.3 is 9.30 Å². The van der Waals surface area contributed by atoms with Crippen molar-refractivity contribution in [3.63, 3.8) is 0 Å². The molecule has 5 nitrogen and oxygen atoms in total. The quantitative estimate of drug-likeness (QED) is 0.558. The fourth-order valence-corrected chi connectivity index (χ4v) is 2.91. The number of fused-ring (bicyclic) bond motifs is 1. The molecule has 0 spiro atoms. The maximum Gasteiger partial charge on any atom is 0.274 e. The summed E-state index contributed by atoms with van der Waals surface area (Å²) in [6.45, 7) is 2.82. The van der Waals surface area contributed by atoms with Crippen LogP contribution in [0.2, 0.25) is 0 Å². The second-order valence-corrected chi connectivity index (χ2v) is 5.64. The standard InChI is InChI=1S/C19H20N2O3/c1-3-16-10-14-6-7-15(19(22)20-23)11-18(14)21(16)12-13-4-8-17(24-2)9-5-13/h4-11,23H,3,12H2,1-2H3,(H,20,22). The molecular weight excluding hydrogens is 304 g/mol. The Kier molecular flexibility index (Phi) is 4.53. The Morgan fingerprint density at radius 2 is 1.92 bits per heavy atom. The molecule has 1 aromatic heterocycles. The normalized spacial score (nSPS) is 10.8. The molecule has 3 rings (SSSR count). The third kappa shape index (κ3) is 2.98. The third-order valence-corrected chi connectivity index (χ3v) is 4.22. The summed E-state index contributed by atoms with van der Waals surface area (Å²) in [4.78, 5) is 11.7. The lowest BCUT2D eigenvalue weighted by atomic mass is 10.1. The first kappa shape index (κ1) is 16.1. The number of aromatic nitrogens is 1. The first-order valence-corrected chi connectivity index (χ1v) is 7.85. The van der Waals surface area contributed by atoms with E-state index in [1.165, 1.54) is 5.69 Å². The van der Waals surface area contributed by atoms with Gasteiger partial charge in [0.2, 0.25) is 0 Å². The number of ether oxygens (including phenoxy) is 1. The van der Waals surface area contributed by atoms with Crippen molar-refractivity contribution < 1.29 is 14.7 Å². The zero-order chi connectivity index (χ0) is 17.1. The van der Waals surface area contributed by atoms with Crippen LogP contribution in [-0.2, 0) is 13.0 Å². The molecule has 0 fully saturated rings. The molecule has 0 aliphatic rings. The minimum atomic E-state index is -0.507. The lowest BCUT2D eigenvalue weighted by Crippen LogP contribution is -2.18. The minimum absolute atomic E-state index is 0.432. The summed E-state index contributed by atoms with van der Waals surface area (Å²) >= 11 is 0. The van der Waals surface area contributed by atoms with Gasteiger partial charge >= 0.3 is 0 Å². The van der Waals surface area contributed by atoms with Crippen LogP contribution in [0.5, 0.6) is 5.75 Å². The minimum Gasteiger partial charge on any atom is -0.497 e. The summed E-state index contributed by atoms with van der Waals surface area (Å²) in [5.41, 5.74) is 5.44. The zero-order valence-electron chi connectivity index (χ0n) is 13.7. The SMILES string of the molecule is CCc1cc2ccc(C(=O)NO)cc2n1Cc1ccc(OC)cc1. The molecule has 0 aliphatic carbocycles. The number of hydroxylamine groups is 1. The van der Waals surface area contributed by atoms with Crippen molar-refractivity contribution in [1.82, 2.24) is 10.0 Å². The van der Waals surface area contributed by atoms with Crippen LogP contribution < -0.4 is 10.2 Å². The van der Waals surface area contributed by atoms with Gasteiger partial charge in [-0.1, -0.05) is 25.1 Å². The fraction of sp³-hybridized carbons (Fsp3) is 0.211. The number of nitrogens with zero attached hydrogens (tertiary/aromatic N) is 1. The Balaban J connectivity index is 2.04. The molecule has 0 radical (unpaired) electrons. The number of benzene rings is 2. The third-order valence-electron chi connectivity index (χ3n) is 4.22. The summed E-state index contributed by atoms with van der Waals surface area (Å²) in [6.07, 6.45) is 0.895. The molecule has 0 unspecified atom stereocenters. The number of aryl methyl sites for hydroxylation is 1. The van der Waals surface area contributed by atoms with Crippen molar-refractivity contribution in [2.24, 2.45) is 0 Å². The molecule has 0 bridgehead atoms. The second-order valence-electron chi connectivity index (χ2n) is 5.64. The van der Waals surface area contributed by atoms with E-state index in [0.29, 0.717) is 12.1 Å². The molecule has 0 atom stereocenters. The molecule has 24 heavy (non-hydrogen) atoms. The van der Waals surface area contributed by atoms with E-state index in [0.717, 1.165) is 28.6 Å². The van der Waals surface area contributed by atoms with Crippen LogP contribution in [0.4, 0.5) is 0 Å². The van der Waals surface area contributed by atoms with E-state index in [1.807, 2.05) is 36.4 Å². The molecule has 0 aliphatic heterocycles. The number of rotatable bonds is 5. The van der Waals surface area contributed by atoms with Gasteiger partial charge in [0.25, 0.3) is 5.91 Å². The van der Waals surface area contributed by atoms with Crippen LogP contribution in [0.3, 0.4) is 0 Å². The van der Waals surface area contributed by atoms with Crippen molar-refractivity contribution in [2.75, 3.05) is 7.11 Å². The Morgan fingerprint density at radius 3 is 2.54 bits per heavy atom. The molecule has 0 saturated carbocycles.